The van der Waals surface area contributed by atoms with Gasteiger partial charge in [0.05, 0.1) is 12.1 Å². The number of rotatable bonds is 6. The van der Waals surface area contributed by atoms with Crippen molar-refractivity contribution in [2.45, 2.75) is 51.5 Å². The van der Waals surface area contributed by atoms with Gasteiger partial charge in [-0.1, -0.05) is 13.8 Å². The Morgan fingerprint density at radius 1 is 1.35 bits per heavy atom. The zero-order chi connectivity index (χ0) is 12.7. The fourth-order valence-electron chi connectivity index (χ4n) is 2.25. The first-order valence-corrected chi connectivity index (χ1v) is 7.81. The van der Waals surface area contributed by atoms with Crippen molar-refractivity contribution in [1.82, 2.24) is 5.32 Å². The molecule has 2 N–H and O–H groups in total. The molecule has 0 atom stereocenters. The van der Waals surface area contributed by atoms with E-state index >= 15 is 0 Å². The standard InChI is InChI=1S/C13H25NO2S/c1-3-13(4-2,10-15)14-12(16)9-11-5-7-17-8-6-11/h11,15H,3-10H2,1-2H3,(H,14,16). The maximum atomic E-state index is 12.0. The summed E-state index contributed by atoms with van der Waals surface area (Å²) in [5.41, 5.74) is -0.402. The van der Waals surface area contributed by atoms with E-state index < -0.39 is 5.54 Å². The van der Waals surface area contributed by atoms with E-state index in [1.165, 1.54) is 11.5 Å². The number of aliphatic hydroxyl groups is 1. The summed E-state index contributed by atoms with van der Waals surface area (Å²) in [6.07, 6.45) is 4.51. The van der Waals surface area contributed by atoms with Crippen molar-refractivity contribution in [2.75, 3.05) is 18.1 Å². The predicted octanol–water partition coefficient (Wildman–Crippen LogP) is 2.19. The van der Waals surface area contributed by atoms with Gasteiger partial charge < -0.3 is 10.4 Å². The lowest BCUT2D eigenvalue weighted by Crippen LogP contribution is -2.50. The first-order chi connectivity index (χ1) is 8.15. The molecule has 0 spiro atoms. The van der Waals surface area contributed by atoms with Crippen molar-refractivity contribution in [3.8, 4) is 0 Å². The number of hydrogen-bond acceptors (Lipinski definition) is 3. The highest BCUT2D eigenvalue weighted by Gasteiger charge is 2.28. The maximum Gasteiger partial charge on any atom is 0.220 e. The molecular weight excluding hydrogens is 234 g/mol. The lowest BCUT2D eigenvalue weighted by molar-refractivity contribution is -0.124. The van der Waals surface area contributed by atoms with Gasteiger partial charge in [-0.15, -0.1) is 0 Å². The molecule has 4 heteroatoms. The molecular formula is C13H25NO2S. The summed E-state index contributed by atoms with van der Waals surface area (Å²) in [6.45, 7) is 4.06. The molecule has 0 unspecified atom stereocenters. The number of carbonyl (C=O) groups is 1. The van der Waals surface area contributed by atoms with Gasteiger partial charge in [0.1, 0.15) is 0 Å². The average Bonchev–Trinajstić information content (AvgIpc) is 2.37. The van der Waals surface area contributed by atoms with Crippen molar-refractivity contribution in [3.63, 3.8) is 0 Å². The van der Waals surface area contributed by atoms with Crippen LogP contribution in [0.15, 0.2) is 0 Å². The number of hydrogen-bond donors (Lipinski definition) is 2. The van der Waals surface area contributed by atoms with Gasteiger partial charge in [-0.05, 0) is 43.1 Å². The van der Waals surface area contributed by atoms with Crippen molar-refractivity contribution < 1.29 is 9.90 Å². The lowest BCUT2D eigenvalue weighted by atomic mass is 9.92. The Hall–Kier alpha value is -0.220. The van der Waals surface area contributed by atoms with Crippen LogP contribution in [0.3, 0.4) is 0 Å². The fourth-order valence-corrected chi connectivity index (χ4v) is 3.45. The monoisotopic (exact) mass is 259 g/mol. The van der Waals surface area contributed by atoms with E-state index in [2.05, 4.69) is 5.32 Å². The topological polar surface area (TPSA) is 49.3 Å². The van der Waals surface area contributed by atoms with E-state index in [9.17, 15) is 9.90 Å². The number of carbonyl (C=O) groups excluding carboxylic acids is 1. The van der Waals surface area contributed by atoms with Crippen LogP contribution in [-0.4, -0.2) is 34.7 Å². The van der Waals surface area contributed by atoms with E-state index in [4.69, 9.17) is 0 Å². The molecule has 0 radical (unpaired) electrons. The third kappa shape index (κ3) is 4.51. The normalized spacial score (nSPS) is 18.1. The zero-order valence-electron chi connectivity index (χ0n) is 11.0. The Morgan fingerprint density at radius 2 is 1.94 bits per heavy atom. The molecule has 1 aliphatic rings. The average molecular weight is 259 g/mol. The second-order valence-electron chi connectivity index (χ2n) is 4.95. The largest absolute Gasteiger partial charge is 0.394 e. The lowest BCUT2D eigenvalue weighted by Gasteiger charge is -2.32. The molecule has 1 amide bonds. The summed E-state index contributed by atoms with van der Waals surface area (Å²) in [4.78, 5) is 12.0. The van der Waals surface area contributed by atoms with Gasteiger partial charge in [0.25, 0.3) is 0 Å². The van der Waals surface area contributed by atoms with Gasteiger partial charge in [0.2, 0.25) is 5.91 Å². The van der Waals surface area contributed by atoms with E-state index in [1.807, 2.05) is 25.6 Å². The summed E-state index contributed by atoms with van der Waals surface area (Å²) in [7, 11) is 0. The number of amides is 1. The molecule has 17 heavy (non-hydrogen) atoms. The molecule has 1 aliphatic heterocycles. The minimum Gasteiger partial charge on any atom is -0.394 e. The Bertz CT molecular complexity index is 227. The molecule has 0 saturated carbocycles. The van der Waals surface area contributed by atoms with Crippen molar-refractivity contribution in [1.29, 1.82) is 0 Å². The van der Waals surface area contributed by atoms with Crippen LogP contribution in [0.25, 0.3) is 0 Å². The quantitative estimate of drug-likeness (QED) is 0.769. The van der Waals surface area contributed by atoms with Gasteiger partial charge in [-0.25, -0.2) is 0 Å². The maximum absolute atomic E-state index is 12.0. The van der Waals surface area contributed by atoms with Gasteiger partial charge in [0.15, 0.2) is 0 Å². The third-order valence-corrected chi connectivity index (χ3v) is 4.92. The van der Waals surface area contributed by atoms with Crippen LogP contribution in [0, 0.1) is 5.92 Å². The molecule has 1 heterocycles. The van der Waals surface area contributed by atoms with Gasteiger partial charge in [0, 0.05) is 6.42 Å². The molecule has 0 aromatic rings. The smallest absolute Gasteiger partial charge is 0.220 e. The predicted molar refractivity (Wildman–Crippen MR) is 73.2 cm³/mol. The Kier molecular flexibility index (Phi) is 6.34. The Balaban J connectivity index is 2.41. The van der Waals surface area contributed by atoms with Crippen LogP contribution in [0.2, 0.25) is 0 Å². The van der Waals surface area contributed by atoms with E-state index in [0.29, 0.717) is 12.3 Å². The minimum atomic E-state index is -0.402. The third-order valence-electron chi connectivity index (χ3n) is 3.88. The van der Waals surface area contributed by atoms with Crippen molar-refractivity contribution >= 4 is 17.7 Å². The second-order valence-corrected chi connectivity index (χ2v) is 6.18. The summed E-state index contributed by atoms with van der Waals surface area (Å²) >= 11 is 1.98. The first-order valence-electron chi connectivity index (χ1n) is 6.65. The molecule has 0 aromatic heterocycles. The Morgan fingerprint density at radius 3 is 2.41 bits per heavy atom. The first kappa shape index (κ1) is 14.8. The molecule has 1 saturated heterocycles. The molecule has 3 nitrogen and oxygen atoms in total. The van der Waals surface area contributed by atoms with Crippen LogP contribution in [0.4, 0.5) is 0 Å². The van der Waals surface area contributed by atoms with E-state index in [0.717, 1.165) is 25.7 Å². The van der Waals surface area contributed by atoms with Gasteiger partial charge >= 0.3 is 0 Å². The summed E-state index contributed by atoms with van der Waals surface area (Å²) in [5.74, 6) is 3.02. The van der Waals surface area contributed by atoms with E-state index in [-0.39, 0.29) is 12.5 Å². The fraction of sp³-hybridized carbons (Fsp3) is 0.923. The molecule has 1 rings (SSSR count). The van der Waals surface area contributed by atoms with Crippen LogP contribution < -0.4 is 5.32 Å². The second kappa shape index (κ2) is 7.27. The molecule has 0 aliphatic carbocycles. The molecule has 100 valence electrons. The van der Waals surface area contributed by atoms with Crippen LogP contribution in [0.1, 0.15) is 46.0 Å². The van der Waals surface area contributed by atoms with Gasteiger partial charge in [-0.3, -0.25) is 4.79 Å². The summed E-state index contributed by atoms with van der Waals surface area (Å²) < 4.78 is 0. The summed E-state index contributed by atoms with van der Waals surface area (Å²) in [6, 6.07) is 0. The molecule has 0 bridgehead atoms. The number of thioether (sulfide) groups is 1. The zero-order valence-corrected chi connectivity index (χ0v) is 11.8. The Labute approximate surface area is 109 Å². The number of aliphatic hydroxyl groups excluding tert-OH is 1. The summed E-state index contributed by atoms with van der Waals surface area (Å²) in [5, 5.41) is 12.4. The van der Waals surface area contributed by atoms with Crippen molar-refractivity contribution in [2.24, 2.45) is 5.92 Å². The highest BCUT2D eigenvalue weighted by molar-refractivity contribution is 7.99. The van der Waals surface area contributed by atoms with Gasteiger partial charge in [-0.2, -0.15) is 11.8 Å². The highest BCUT2D eigenvalue weighted by Crippen LogP contribution is 2.25. The van der Waals surface area contributed by atoms with Crippen LogP contribution in [-0.2, 0) is 4.79 Å². The van der Waals surface area contributed by atoms with E-state index in [1.54, 1.807) is 0 Å². The highest BCUT2D eigenvalue weighted by atomic mass is 32.2. The van der Waals surface area contributed by atoms with Crippen molar-refractivity contribution in [3.05, 3.63) is 0 Å². The molecule has 1 fully saturated rings. The van der Waals surface area contributed by atoms with Crippen LogP contribution >= 0.6 is 11.8 Å². The number of nitrogens with one attached hydrogen (secondary N) is 1. The van der Waals surface area contributed by atoms with Crippen LogP contribution in [0.5, 0.6) is 0 Å². The SMILES string of the molecule is CCC(CC)(CO)NC(=O)CC1CCSCC1. The molecule has 0 aromatic carbocycles. The minimum absolute atomic E-state index is 0.0340.